The van der Waals surface area contributed by atoms with Gasteiger partial charge in [0, 0.05) is 6.42 Å². The van der Waals surface area contributed by atoms with Crippen LogP contribution in [0.4, 0.5) is 4.39 Å². The van der Waals surface area contributed by atoms with Gasteiger partial charge < -0.3 is 9.15 Å². The molecule has 1 atom stereocenters. The van der Waals surface area contributed by atoms with Gasteiger partial charge in [0.1, 0.15) is 23.1 Å². The molecular weight excluding hydrogens is 473 g/mol. The van der Waals surface area contributed by atoms with Crippen LogP contribution in [0, 0.1) is 19.7 Å². The third kappa shape index (κ3) is 5.09. The van der Waals surface area contributed by atoms with Crippen molar-refractivity contribution < 1.29 is 22.0 Å². The Morgan fingerprint density at radius 2 is 1.86 bits per heavy atom. The number of aryl methyl sites for hydroxylation is 2. The molecule has 0 aliphatic carbocycles. The minimum atomic E-state index is -3.73. The van der Waals surface area contributed by atoms with E-state index in [1.165, 1.54) is 0 Å². The van der Waals surface area contributed by atoms with Crippen molar-refractivity contribution in [1.29, 1.82) is 0 Å². The number of para-hydroxylation sites is 1. The normalized spacial score (nSPS) is 12.6. The molecule has 3 heterocycles. The van der Waals surface area contributed by atoms with Crippen molar-refractivity contribution in [3.8, 4) is 23.0 Å². The molecule has 3 aromatic heterocycles. The largest absolute Gasteiger partial charge is 0.495 e. The van der Waals surface area contributed by atoms with Gasteiger partial charge in [0.25, 0.3) is 0 Å². The molecule has 1 aromatic carbocycles. The molecule has 0 aliphatic rings. The molecule has 184 valence electrons. The molecule has 0 bridgehead atoms. The van der Waals surface area contributed by atoms with Crippen molar-refractivity contribution in [2.24, 2.45) is 0 Å². The predicted octanol–water partition coefficient (Wildman–Crippen LogP) is 4.02. The first-order chi connectivity index (χ1) is 16.7. The van der Waals surface area contributed by atoms with Crippen molar-refractivity contribution in [3.63, 3.8) is 0 Å². The highest BCUT2D eigenvalue weighted by atomic mass is 32.2. The minimum absolute atomic E-state index is 0.0607. The number of methoxy groups -OCH3 is 1. The number of furan rings is 1. The fourth-order valence-electron chi connectivity index (χ4n) is 3.91. The van der Waals surface area contributed by atoms with Crippen molar-refractivity contribution in [3.05, 3.63) is 71.5 Å². The summed E-state index contributed by atoms with van der Waals surface area (Å²) in [5.41, 5.74) is 1.48. The molecule has 0 amide bonds. The summed E-state index contributed by atoms with van der Waals surface area (Å²) < 4.78 is 53.3. The average Bonchev–Trinajstić information content (AvgIpc) is 3.43. The lowest BCUT2D eigenvalue weighted by molar-refractivity contribution is 0.412. The van der Waals surface area contributed by atoms with Crippen molar-refractivity contribution in [2.45, 2.75) is 44.6 Å². The first-order valence-electron chi connectivity index (χ1n) is 11.1. The van der Waals surface area contributed by atoms with E-state index in [-0.39, 0.29) is 23.8 Å². The number of benzene rings is 1. The summed E-state index contributed by atoms with van der Waals surface area (Å²) in [4.78, 5) is 7.84. The van der Waals surface area contributed by atoms with Crippen LogP contribution in [0.15, 0.2) is 47.1 Å². The van der Waals surface area contributed by atoms with Gasteiger partial charge in [0.15, 0.2) is 27.2 Å². The van der Waals surface area contributed by atoms with Gasteiger partial charge in [0.05, 0.1) is 30.4 Å². The lowest BCUT2D eigenvalue weighted by atomic mass is 10.1. The third-order valence-corrected chi connectivity index (χ3v) is 7.89. The molecule has 4 rings (SSSR count). The lowest BCUT2D eigenvalue weighted by Gasteiger charge is -2.18. The van der Waals surface area contributed by atoms with Crippen LogP contribution < -0.4 is 4.74 Å². The number of aromatic nitrogens is 5. The zero-order valence-corrected chi connectivity index (χ0v) is 20.7. The van der Waals surface area contributed by atoms with Crippen molar-refractivity contribution in [1.82, 2.24) is 24.7 Å². The SMILES string of the molecule is CC[C@@H](Cc1ncc(F)cn1)S(=O)(=O)Cc1nnc(-c2ccc(C)o2)n1-c1c(C)cccc1OC. The molecule has 0 saturated carbocycles. The first kappa shape index (κ1) is 24.5. The quantitative estimate of drug-likeness (QED) is 0.339. The number of ether oxygens (including phenoxy) is 1. The van der Waals surface area contributed by atoms with E-state index in [4.69, 9.17) is 9.15 Å². The standard InChI is InChI=1S/C24H26FN5O4S/c1-5-18(11-21-26-12-17(25)13-27-21)35(31,32)14-22-28-29-24(20-10-9-16(3)34-20)30(22)23-15(2)7-6-8-19(23)33-4/h6-10,12-13,18H,5,11,14H2,1-4H3/t18-/m0/s1. The Balaban J connectivity index is 1.78. The molecule has 0 radical (unpaired) electrons. The number of nitrogens with zero attached hydrogens (tertiary/aromatic N) is 5. The molecule has 4 aromatic rings. The van der Waals surface area contributed by atoms with Crippen LogP contribution in [0.25, 0.3) is 17.3 Å². The third-order valence-electron chi connectivity index (χ3n) is 5.71. The van der Waals surface area contributed by atoms with Crippen LogP contribution >= 0.6 is 0 Å². The summed E-state index contributed by atoms with van der Waals surface area (Å²) in [5.74, 6) is 1.57. The Hall–Kier alpha value is -3.60. The van der Waals surface area contributed by atoms with Gasteiger partial charge in [-0.05, 0) is 44.0 Å². The van der Waals surface area contributed by atoms with E-state index >= 15 is 0 Å². The summed E-state index contributed by atoms with van der Waals surface area (Å²) >= 11 is 0. The molecule has 0 fully saturated rings. The second kappa shape index (κ2) is 9.95. The van der Waals surface area contributed by atoms with Gasteiger partial charge in [0.2, 0.25) is 5.82 Å². The maximum Gasteiger partial charge on any atom is 0.204 e. The Labute approximate surface area is 202 Å². The van der Waals surface area contributed by atoms with Gasteiger partial charge in [-0.25, -0.2) is 22.8 Å². The summed E-state index contributed by atoms with van der Waals surface area (Å²) in [6, 6.07) is 9.10. The fourth-order valence-corrected chi connectivity index (χ4v) is 5.61. The Kier molecular flexibility index (Phi) is 6.97. The van der Waals surface area contributed by atoms with Gasteiger partial charge in [-0.1, -0.05) is 19.1 Å². The maximum atomic E-state index is 13.5. The van der Waals surface area contributed by atoms with E-state index in [0.717, 1.165) is 18.0 Å². The van der Waals surface area contributed by atoms with Crippen molar-refractivity contribution in [2.75, 3.05) is 7.11 Å². The molecule has 0 spiro atoms. The molecule has 11 heteroatoms. The summed E-state index contributed by atoms with van der Waals surface area (Å²) in [7, 11) is -2.18. The van der Waals surface area contributed by atoms with Crippen LogP contribution in [0.5, 0.6) is 5.75 Å². The lowest BCUT2D eigenvalue weighted by Crippen LogP contribution is -2.27. The summed E-state index contributed by atoms with van der Waals surface area (Å²) in [6.07, 6.45) is 2.45. The topological polar surface area (TPSA) is 113 Å². The molecule has 0 unspecified atom stereocenters. The maximum absolute atomic E-state index is 13.5. The Morgan fingerprint density at radius 3 is 2.49 bits per heavy atom. The molecule has 0 aliphatic heterocycles. The second-order valence-corrected chi connectivity index (χ2v) is 10.5. The Morgan fingerprint density at radius 1 is 1.11 bits per heavy atom. The first-order valence-corrected chi connectivity index (χ1v) is 12.8. The Bertz CT molecular complexity index is 1430. The number of hydrogen-bond acceptors (Lipinski definition) is 8. The molecular formula is C24H26FN5O4S. The predicted molar refractivity (Wildman–Crippen MR) is 127 cm³/mol. The molecule has 0 N–H and O–H groups in total. The minimum Gasteiger partial charge on any atom is -0.495 e. The highest BCUT2D eigenvalue weighted by Gasteiger charge is 2.30. The molecule has 0 saturated heterocycles. The van der Waals surface area contributed by atoms with E-state index < -0.39 is 20.9 Å². The summed E-state index contributed by atoms with van der Waals surface area (Å²) in [6.45, 7) is 5.49. The number of halogens is 1. The number of rotatable bonds is 9. The van der Waals surface area contributed by atoms with Gasteiger partial charge in [-0.15, -0.1) is 10.2 Å². The zero-order chi connectivity index (χ0) is 25.2. The van der Waals surface area contributed by atoms with E-state index in [2.05, 4.69) is 20.2 Å². The van der Waals surface area contributed by atoms with Gasteiger partial charge >= 0.3 is 0 Å². The van der Waals surface area contributed by atoms with E-state index in [9.17, 15) is 12.8 Å². The smallest absolute Gasteiger partial charge is 0.204 e. The second-order valence-electron chi connectivity index (χ2n) is 8.17. The number of sulfone groups is 1. The summed E-state index contributed by atoms with van der Waals surface area (Å²) in [5, 5.41) is 7.76. The van der Waals surface area contributed by atoms with Crippen LogP contribution in [0.2, 0.25) is 0 Å². The van der Waals surface area contributed by atoms with Crippen LogP contribution in [-0.4, -0.2) is 45.5 Å². The van der Waals surface area contributed by atoms with E-state index in [1.54, 1.807) is 36.8 Å². The van der Waals surface area contributed by atoms with E-state index in [1.807, 2.05) is 26.0 Å². The van der Waals surface area contributed by atoms with Crippen molar-refractivity contribution >= 4 is 9.84 Å². The number of hydrogen-bond donors (Lipinski definition) is 0. The van der Waals surface area contributed by atoms with Crippen LogP contribution in [-0.2, 0) is 22.0 Å². The zero-order valence-electron chi connectivity index (χ0n) is 19.9. The highest BCUT2D eigenvalue weighted by Crippen LogP contribution is 2.33. The van der Waals surface area contributed by atoms with Crippen LogP contribution in [0.3, 0.4) is 0 Å². The molecule has 9 nitrogen and oxygen atoms in total. The van der Waals surface area contributed by atoms with Gasteiger partial charge in [-0.2, -0.15) is 0 Å². The molecule has 35 heavy (non-hydrogen) atoms. The van der Waals surface area contributed by atoms with Gasteiger partial charge in [-0.3, -0.25) is 4.57 Å². The average molecular weight is 500 g/mol. The fraction of sp³-hybridized carbons (Fsp3) is 0.333. The monoisotopic (exact) mass is 499 g/mol. The van der Waals surface area contributed by atoms with Crippen LogP contribution in [0.1, 0.15) is 36.3 Å². The highest BCUT2D eigenvalue weighted by molar-refractivity contribution is 7.91. The van der Waals surface area contributed by atoms with E-state index in [0.29, 0.717) is 35.2 Å².